The summed E-state index contributed by atoms with van der Waals surface area (Å²) in [4.78, 5) is 35.1. The summed E-state index contributed by atoms with van der Waals surface area (Å²) < 4.78 is 4.60. The van der Waals surface area contributed by atoms with Crippen molar-refractivity contribution in [3.63, 3.8) is 0 Å². The maximum Gasteiger partial charge on any atom is 0.337 e. The van der Waals surface area contributed by atoms with Crippen molar-refractivity contribution < 1.29 is 19.1 Å². The van der Waals surface area contributed by atoms with Gasteiger partial charge in [0.05, 0.1) is 18.7 Å². The third-order valence-electron chi connectivity index (χ3n) is 3.23. The minimum Gasteiger partial charge on any atom is -0.465 e. The molecule has 7 nitrogen and oxygen atoms in total. The number of esters is 1. The maximum absolute atomic E-state index is 12.2. The van der Waals surface area contributed by atoms with Gasteiger partial charge >= 0.3 is 5.97 Å². The van der Waals surface area contributed by atoms with Crippen molar-refractivity contribution in [3.05, 3.63) is 35.4 Å². The van der Waals surface area contributed by atoms with E-state index in [0.29, 0.717) is 25.7 Å². The number of benzene rings is 1. The molecule has 0 heterocycles. The largest absolute Gasteiger partial charge is 0.465 e. The van der Waals surface area contributed by atoms with Gasteiger partial charge in [0.1, 0.15) is 6.04 Å². The number of amides is 2. The van der Waals surface area contributed by atoms with Gasteiger partial charge in [0.2, 0.25) is 5.91 Å². The van der Waals surface area contributed by atoms with E-state index >= 15 is 0 Å². The molecule has 0 bridgehead atoms. The molecule has 1 rings (SSSR count). The van der Waals surface area contributed by atoms with Crippen molar-refractivity contribution in [2.24, 2.45) is 5.73 Å². The van der Waals surface area contributed by atoms with Crippen LogP contribution in [0.4, 0.5) is 0 Å². The summed E-state index contributed by atoms with van der Waals surface area (Å²) in [5.74, 6) is -1.69. The van der Waals surface area contributed by atoms with Crippen LogP contribution in [0.5, 0.6) is 0 Å². The van der Waals surface area contributed by atoms with Gasteiger partial charge in [-0.1, -0.05) is 6.07 Å². The second-order valence-electron chi connectivity index (χ2n) is 4.90. The Balaban J connectivity index is 2.73. The molecular formula is C16H19N3O4. The van der Waals surface area contributed by atoms with Crippen LogP contribution in [0.2, 0.25) is 0 Å². The van der Waals surface area contributed by atoms with E-state index in [1.54, 1.807) is 6.07 Å². The van der Waals surface area contributed by atoms with E-state index in [2.05, 4.69) is 10.1 Å². The summed E-state index contributed by atoms with van der Waals surface area (Å²) in [6, 6.07) is 7.18. The number of nitrogens with two attached hydrogens (primary N) is 1. The lowest BCUT2D eigenvalue weighted by Gasteiger charge is -2.15. The number of carbonyl (C=O) groups is 3. The highest BCUT2D eigenvalue weighted by atomic mass is 16.5. The highest BCUT2D eigenvalue weighted by Gasteiger charge is 2.19. The quantitative estimate of drug-likeness (QED) is 0.550. The molecular weight excluding hydrogens is 298 g/mol. The number of hydrogen-bond donors (Lipinski definition) is 2. The molecule has 2 amide bonds. The molecule has 7 heteroatoms. The molecule has 0 unspecified atom stereocenters. The summed E-state index contributed by atoms with van der Waals surface area (Å²) in [6.07, 6.45) is 1.98. The number of rotatable bonds is 8. The summed E-state index contributed by atoms with van der Waals surface area (Å²) >= 11 is 0. The minimum atomic E-state index is -0.817. The first-order valence-electron chi connectivity index (χ1n) is 7.15. The predicted molar refractivity (Wildman–Crippen MR) is 82.3 cm³/mol. The fourth-order valence-electron chi connectivity index (χ4n) is 1.98. The van der Waals surface area contributed by atoms with Gasteiger partial charge in [-0.25, -0.2) is 4.79 Å². The summed E-state index contributed by atoms with van der Waals surface area (Å²) in [5.41, 5.74) is 5.76. The Hall–Kier alpha value is -2.88. The van der Waals surface area contributed by atoms with Crippen LogP contribution in [0.3, 0.4) is 0 Å². The minimum absolute atomic E-state index is 0.233. The van der Waals surface area contributed by atoms with Gasteiger partial charge in [-0.05, 0) is 37.5 Å². The third kappa shape index (κ3) is 5.79. The van der Waals surface area contributed by atoms with Gasteiger partial charge < -0.3 is 15.8 Å². The normalized spacial score (nSPS) is 11.1. The smallest absolute Gasteiger partial charge is 0.337 e. The van der Waals surface area contributed by atoms with Crippen molar-refractivity contribution in [2.75, 3.05) is 7.11 Å². The third-order valence-corrected chi connectivity index (χ3v) is 3.23. The number of hydrogen-bond acceptors (Lipinski definition) is 5. The van der Waals surface area contributed by atoms with E-state index in [1.165, 1.54) is 25.3 Å². The van der Waals surface area contributed by atoms with Gasteiger partial charge in [-0.2, -0.15) is 5.26 Å². The molecule has 0 aliphatic heterocycles. The highest BCUT2D eigenvalue weighted by Crippen LogP contribution is 2.09. The molecule has 0 aromatic heterocycles. The zero-order valence-electron chi connectivity index (χ0n) is 12.9. The first-order chi connectivity index (χ1) is 11.0. The fraction of sp³-hybridized carbons (Fsp3) is 0.375. The van der Waals surface area contributed by atoms with Crippen LogP contribution >= 0.6 is 0 Å². The van der Waals surface area contributed by atoms with Crippen LogP contribution in [-0.4, -0.2) is 30.9 Å². The Kier molecular flexibility index (Phi) is 7.27. The van der Waals surface area contributed by atoms with Crippen molar-refractivity contribution >= 4 is 17.8 Å². The van der Waals surface area contributed by atoms with Gasteiger partial charge in [0.15, 0.2) is 0 Å². The molecule has 1 atom stereocenters. The zero-order chi connectivity index (χ0) is 17.2. The monoisotopic (exact) mass is 317 g/mol. The van der Waals surface area contributed by atoms with E-state index in [1.807, 2.05) is 6.07 Å². The predicted octanol–water partition coefficient (Wildman–Crippen LogP) is 1.14. The molecule has 3 N–H and O–H groups in total. The Morgan fingerprint density at radius 1 is 1.30 bits per heavy atom. The molecule has 0 fully saturated rings. The molecule has 0 saturated heterocycles. The number of methoxy groups -OCH3 is 1. The molecule has 1 aromatic carbocycles. The molecule has 0 radical (unpaired) electrons. The lowest BCUT2D eigenvalue weighted by molar-refractivity contribution is -0.120. The van der Waals surface area contributed by atoms with Crippen molar-refractivity contribution in [1.82, 2.24) is 5.32 Å². The van der Waals surface area contributed by atoms with Crippen LogP contribution in [0.15, 0.2) is 24.3 Å². The lowest BCUT2D eigenvalue weighted by atomic mass is 10.1. The molecule has 122 valence electrons. The highest BCUT2D eigenvalue weighted by molar-refractivity contribution is 5.99. The second kappa shape index (κ2) is 9.20. The van der Waals surface area contributed by atoms with E-state index in [9.17, 15) is 14.4 Å². The van der Waals surface area contributed by atoms with Gasteiger partial charge in [0.25, 0.3) is 5.91 Å². The van der Waals surface area contributed by atoms with Gasteiger partial charge in [0, 0.05) is 12.0 Å². The van der Waals surface area contributed by atoms with Gasteiger partial charge in [-0.15, -0.1) is 0 Å². The Morgan fingerprint density at radius 2 is 2.00 bits per heavy atom. The first kappa shape index (κ1) is 18.2. The van der Waals surface area contributed by atoms with Crippen molar-refractivity contribution in [1.29, 1.82) is 5.26 Å². The molecule has 0 saturated carbocycles. The number of nitrogens with one attached hydrogen (secondary N) is 1. The standard InChI is InChI=1S/C16H19N3O4/c1-23-16(22)12-7-5-6-11(10-12)15(21)19-13(14(18)20)8-3-2-4-9-17/h5-7,10,13H,2-4,8H2,1H3,(H2,18,20)(H,19,21)/t13-/m1/s1. The van der Waals surface area contributed by atoms with Crippen LogP contribution in [0.1, 0.15) is 46.4 Å². The van der Waals surface area contributed by atoms with E-state index in [4.69, 9.17) is 11.0 Å². The molecule has 0 aliphatic rings. The van der Waals surface area contributed by atoms with E-state index in [0.717, 1.165) is 0 Å². The number of nitrogens with zero attached hydrogens (tertiary/aromatic N) is 1. The summed E-state index contributed by atoms with van der Waals surface area (Å²) in [7, 11) is 1.25. The zero-order valence-corrected chi connectivity index (χ0v) is 12.9. The van der Waals surface area contributed by atoms with Crippen LogP contribution in [0.25, 0.3) is 0 Å². The van der Waals surface area contributed by atoms with Crippen LogP contribution in [0, 0.1) is 11.3 Å². The molecule has 1 aromatic rings. The Labute approximate surface area is 134 Å². The van der Waals surface area contributed by atoms with Gasteiger partial charge in [-0.3, -0.25) is 9.59 Å². The van der Waals surface area contributed by atoms with E-state index < -0.39 is 23.8 Å². The average molecular weight is 317 g/mol. The first-order valence-corrected chi connectivity index (χ1v) is 7.15. The SMILES string of the molecule is COC(=O)c1cccc(C(=O)N[C@H](CCCCC#N)C(N)=O)c1. The maximum atomic E-state index is 12.2. The number of primary amides is 1. The number of unbranched alkanes of at least 4 members (excludes halogenated alkanes) is 2. The molecule has 0 aliphatic carbocycles. The Bertz CT molecular complexity index is 622. The van der Waals surface area contributed by atoms with Crippen LogP contribution in [-0.2, 0) is 9.53 Å². The summed E-state index contributed by atoms with van der Waals surface area (Å²) in [5, 5.41) is 11.0. The summed E-state index contributed by atoms with van der Waals surface area (Å²) in [6.45, 7) is 0. The molecule has 23 heavy (non-hydrogen) atoms. The van der Waals surface area contributed by atoms with Crippen molar-refractivity contribution in [2.45, 2.75) is 31.7 Å². The average Bonchev–Trinajstić information content (AvgIpc) is 2.56. The Morgan fingerprint density at radius 3 is 2.61 bits per heavy atom. The van der Waals surface area contributed by atoms with Crippen LogP contribution < -0.4 is 11.1 Å². The van der Waals surface area contributed by atoms with E-state index in [-0.39, 0.29) is 11.1 Å². The van der Waals surface area contributed by atoms with Crippen molar-refractivity contribution in [3.8, 4) is 6.07 Å². The number of ether oxygens (including phenoxy) is 1. The molecule has 0 spiro atoms. The fourth-order valence-corrected chi connectivity index (χ4v) is 1.98. The second-order valence-corrected chi connectivity index (χ2v) is 4.90. The number of carbonyl (C=O) groups excluding carboxylic acids is 3. The number of nitriles is 1. The lowest BCUT2D eigenvalue weighted by Crippen LogP contribution is -2.44. The topological polar surface area (TPSA) is 122 Å².